The van der Waals surface area contributed by atoms with Gasteiger partial charge in [-0.15, -0.1) is 0 Å². The Kier molecular flexibility index (Phi) is 2.20. The van der Waals surface area contributed by atoms with E-state index in [2.05, 4.69) is 9.89 Å². The van der Waals surface area contributed by atoms with Gasteiger partial charge >= 0.3 is 5.97 Å². The standard InChI is InChI=1S/C9H13NO3/c1-12-9(11)8-6-4-2-3-5-7(6)13-10-8/h6-7H,2-5H2,1H3. The second-order valence-electron chi connectivity index (χ2n) is 3.50. The maximum atomic E-state index is 11.2. The molecule has 1 heterocycles. The van der Waals surface area contributed by atoms with Gasteiger partial charge in [-0.05, 0) is 19.3 Å². The second-order valence-corrected chi connectivity index (χ2v) is 3.50. The van der Waals surface area contributed by atoms with Crippen LogP contribution in [0.25, 0.3) is 0 Å². The summed E-state index contributed by atoms with van der Waals surface area (Å²) < 4.78 is 4.63. The molecule has 0 aromatic heterocycles. The molecular formula is C9H13NO3. The lowest BCUT2D eigenvalue weighted by Gasteiger charge is -2.22. The number of fused-ring (bicyclic) bond motifs is 1. The van der Waals surface area contributed by atoms with Crippen LogP contribution in [0.2, 0.25) is 0 Å². The SMILES string of the molecule is COC(=O)C1=NOC2CCCCC12. The lowest BCUT2D eigenvalue weighted by Crippen LogP contribution is -2.31. The number of nitrogens with zero attached hydrogens (tertiary/aromatic N) is 1. The van der Waals surface area contributed by atoms with E-state index in [0.29, 0.717) is 5.71 Å². The number of carbonyl (C=O) groups excluding carboxylic acids is 1. The first-order chi connectivity index (χ1) is 6.33. The topological polar surface area (TPSA) is 47.9 Å². The molecule has 4 nitrogen and oxygen atoms in total. The van der Waals surface area contributed by atoms with Gasteiger partial charge in [0.05, 0.1) is 13.0 Å². The first kappa shape index (κ1) is 8.53. The van der Waals surface area contributed by atoms with Crippen molar-refractivity contribution in [3.8, 4) is 0 Å². The third kappa shape index (κ3) is 1.41. The van der Waals surface area contributed by atoms with E-state index in [0.717, 1.165) is 19.3 Å². The molecule has 0 bridgehead atoms. The van der Waals surface area contributed by atoms with Crippen molar-refractivity contribution < 1.29 is 14.4 Å². The smallest absolute Gasteiger partial charge is 0.356 e. The summed E-state index contributed by atoms with van der Waals surface area (Å²) in [5.41, 5.74) is 0.479. The van der Waals surface area contributed by atoms with Crippen LogP contribution < -0.4 is 0 Å². The summed E-state index contributed by atoms with van der Waals surface area (Å²) in [5, 5.41) is 3.79. The van der Waals surface area contributed by atoms with E-state index in [9.17, 15) is 4.79 Å². The number of oxime groups is 1. The number of hydrogen-bond donors (Lipinski definition) is 0. The predicted molar refractivity (Wildman–Crippen MR) is 46.3 cm³/mol. The van der Waals surface area contributed by atoms with Crippen LogP contribution in [0.4, 0.5) is 0 Å². The van der Waals surface area contributed by atoms with Gasteiger partial charge in [-0.3, -0.25) is 0 Å². The van der Waals surface area contributed by atoms with Gasteiger partial charge in [-0.25, -0.2) is 4.79 Å². The van der Waals surface area contributed by atoms with Crippen LogP contribution in [0.1, 0.15) is 25.7 Å². The van der Waals surface area contributed by atoms with E-state index in [4.69, 9.17) is 4.84 Å². The minimum Gasteiger partial charge on any atom is -0.464 e. The third-order valence-corrected chi connectivity index (χ3v) is 2.73. The molecule has 2 atom stereocenters. The number of ether oxygens (including phenoxy) is 1. The first-order valence-corrected chi connectivity index (χ1v) is 4.65. The molecule has 1 saturated carbocycles. The number of methoxy groups -OCH3 is 1. The summed E-state index contributed by atoms with van der Waals surface area (Å²) in [6.07, 6.45) is 4.46. The fourth-order valence-corrected chi connectivity index (χ4v) is 2.02. The molecule has 1 fully saturated rings. The van der Waals surface area contributed by atoms with Crippen molar-refractivity contribution in [2.45, 2.75) is 31.8 Å². The fraction of sp³-hybridized carbons (Fsp3) is 0.778. The maximum absolute atomic E-state index is 11.2. The fourth-order valence-electron chi connectivity index (χ4n) is 2.02. The lowest BCUT2D eigenvalue weighted by atomic mass is 9.84. The number of carbonyl (C=O) groups is 1. The highest BCUT2D eigenvalue weighted by Crippen LogP contribution is 2.32. The Morgan fingerprint density at radius 3 is 3.08 bits per heavy atom. The third-order valence-electron chi connectivity index (χ3n) is 2.73. The van der Waals surface area contributed by atoms with Crippen molar-refractivity contribution in [2.75, 3.05) is 7.11 Å². The quantitative estimate of drug-likeness (QED) is 0.572. The van der Waals surface area contributed by atoms with Crippen molar-refractivity contribution in [1.29, 1.82) is 0 Å². The Morgan fingerprint density at radius 2 is 2.31 bits per heavy atom. The molecule has 0 saturated heterocycles. The van der Waals surface area contributed by atoms with Gasteiger partial charge < -0.3 is 9.57 Å². The number of esters is 1. The molecule has 0 aromatic carbocycles. The Morgan fingerprint density at radius 1 is 1.54 bits per heavy atom. The van der Waals surface area contributed by atoms with E-state index in [1.54, 1.807) is 0 Å². The Labute approximate surface area is 76.9 Å². The highest BCUT2D eigenvalue weighted by atomic mass is 16.6. The van der Waals surface area contributed by atoms with E-state index >= 15 is 0 Å². The molecule has 13 heavy (non-hydrogen) atoms. The molecule has 0 radical (unpaired) electrons. The largest absolute Gasteiger partial charge is 0.464 e. The molecule has 1 aliphatic carbocycles. The molecule has 0 spiro atoms. The van der Waals surface area contributed by atoms with Crippen LogP contribution in [0.5, 0.6) is 0 Å². The Balaban J connectivity index is 2.09. The van der Waals surface area contributed by atoms with Crippen LogP contribution >= 0.6 is 0 Å². The van der Waals surface area contributed by atoms with Crippen molar-refractivity contribution in [3.05, 3.63) is 0 Å². The van der Waals surface area contributed by atoms with Crippen molar-refractivity contribution in [2.24, 2.45) is 11.1 Å². The van der Waals surface area contributed by atoms with Gasteiger partial charge in [0.25, 0.3) is 0 Å². The maximum Gasteiger partial charge on any atom is 0.356 e. The average molecular weight is 183 g/mol. The van der Waals surface area contributed by atoms with E-state index in [-0.39, 0.29) is 18.0 Å². The Hall–Kier alpha value is -1.06. The van der Waals surface area contributed by atoms with E-state index < -0.39 is 0 Å². The average Bonchev–Trinajstić information content (AvgIpc) is 2.60. The zero-order valence-corrected chi connectivity index (χ0v) is 7.66. The summed E-state index contributed by atoms with van der Waals surface area (Å²) in [6.45, 7) is 0. The second kappa shape index (κ2) is 3.36. The van der Waals surface area contributed by atoms with Gasteiger partial charge in [0, 0.05) is 0 Å². The number of hydrogen-bond acceptors (Lipinski definition) is 4. The van der Waals surface area contributed by atoms with Crippen molar-refractivity contribution in [3.63, 3.8) is 0 Å². The van der Waals surface area contributed by atoms with Crippen LogP contribution in [0.15, 0.2) is 5.16 Å². The molecule has 2 rings (SSSR count). The van der Waals surface area contributed by atoms with Crippen molar-refractivity contribution >= 4 is 11.7 Å². The van der Waals surface area contributed by atoms with Gasteiger partial charge in [-0.2, -0.15) is 0 Å². The van der Waals surface area contributed by atoms with Crippen LogP contribution in [-0.2, 0) is 14.4 Å². The van der Waals surface area contributed by atoms with Crippen molar-refractivity contribution in [1.82, 2.24) is 0 Å². The molecule has 4 heteroatoms. The minimum absolute atomic E-state index is 0.128. The summed E-state index contributed by atoms with van der Waals surface area (Å²) >= 11 is 0. The molecule has 0 amide bonds. The monoisotopic (exact) mass is 183 g/mol. The predicted octanol–water partition coefficient (Wildman–Crippen LogP) is 1.10. The molecule has 2 unspecified atom stereocenters. The normalized spacial score (nSPS) is 31.6. The van der Waals surface area contributed by atoms with Gasteiger partial charge in [0.15, 0.2) is 5.71 Å². The highest BCUT2D eigenvalue weighted by molar-refractivity contribution is 6.37. The number of rotatable bonds is 1. The molecule has 0 aromatic rings. The minimum atomic E-state index is -0.339. The molecular weight excluding hydrogens is 170 g/mol. The molecule has 0 N–H and O–H groups in total. The molecule has 1 aliphatic heterocycles. The summed E-state index contributed by atoms with van der Waals surface area (Å²) in [4.78, 5) is 16.4. The van der Waals surface area contributed by atoms with Crippen LogP contribution in [0, 0.1) is 5.92 Å². The summed E-state index contributed by atoms with van der Waals surface area (Å²) in [7, 11) is 1.38. The van der Waals surface area contributed by atoms with E-state index in [1.807, 2.05) is 0 Å². The zero-order valence-electron chi connectivity index (χ0n) is 7.66. The van der Waals surface area contributed by atoms with E-state index in [1.165, 1.54) is 13.5 Å². The summed E-state index contributed by atoms with van der Waals surface area (Å²) in [5.74, 6) is -0.157. The van der Waals surface area contributed by atoms with Gasteiger partial charge in [-0.1, -0.05) is 11.6 Å². The highest BCUT2D eigenvalue weighted by Gasteiger charge is 2.39. The molecule has 72 valence electrons. The van der Waals surface area contributed by atoms with Gasteiger partial charge in [0.1, 0.15) is 6.10 Å². The van der Waals surface area contributed by atoms with Crippen LogP contribution in [0.3, 0.4) is 0 Å². The zero-order chi connectivity index (χ0) is 9.26. The lowest BCUT2D eigenvalue weighted by molar-refractivity contribution is -0.133. The molecule has 2 aliphatic rings. The summed E-state index contributed by atoms with van der Waals surface area (Å²) in [6, 6.07) is 0. The van der Waals surface area contributed by atoms with Crippen LogP contribution in [-0.4, -0.2) is 24.9 Å². The first-order valence-electron chi connectivity index (χ1n) is 4.65. The Bertz CT molecular complexity index is 249. The van der Waals surface area contributed by atoms with Gasteiger partial charge in [0.2, 0.25) is 0 Å².